The van der Waals surface area contributed by atoms with E-state index in [9.17, 15) is 0 Å². The first-order valence-electron chi connectivity index (χ1n) is 4.79. The molecule has 1 heterocycles. The molecule has 1 aliphatic rings. The molecule has 2 nitrogen and oxygen atoms in total. The Morgan fingerprint density at radius 1 is 1.50 bits per heavy atom. The Hall–Kier alpha value is -0.570. The lowest BCUT2D eigenvalue weighted by atomic mass is 9.89. The van der Waals surface area contributed by atoms with E-state index >= 15 is 0 Å². The molecule has 0 radical (unpaired) electrons. The van der Waals surface area contributed by atoms with Gasteiger partial charge in [0.05, 0.1) is 0 Å². The quantitative estimate of drug-likeness (QED) is 0.774. The fraction of sp³-hybridized carbons (Fsp3) is 0.455. The molecule has 2 unspecified atom stereocenters. The Bertz CT molecular complexity index is 342. The van der Waals surface area contributed by atoms with E-state index in [4.69, 9.17) is 22.1 Å². The number of rotatable bonds is 1. The number of ether oxygens (including phenoxy) is 1. The minimum atomic E-state index is -0.418. The van der Waals surface area contributed by atoms with Crippen molar-refractivity contribution in [3.05, 3.63) is 34.9 Å². The van der Waals surface area contributed by atoms with Gasteiger partial charge in [0.1, 0.15) is 5.60 Å². The zero-order valence-corrected chi connectivity index (χ0v) is 8.92. The smallest absolute Gasteiger partial charge is 0.107 e. The maximum atomic E-state index is 6.12. The largest absolute Gasteiger partial charge is 0.369 e. The predicted molar refractivity (Wildman–Crippen MR) is 57.3 cm³/mol. The van der Waals surface area contributed by atoms with E-state index in [1.165, 1.54) is 0 Å². The Morgan fingerprint density at radius 3 is 2.79 bits per heavy atom. The monoisotopic (exact) mass is 211 g/mol. The maximum absolute atomic E-state index is 6.12. The van der Waals surface area contributed by atoms with Crippen LogP contribution in [0.1, 0.15) is 18.9 Å². The van der Waals surface area contributed by atoms with Gasteiger partial charge >= 0.3 is 0 Å². The molecule has 2 atom stereocenters. The lowest BCUT2D eigenvalue weighted by molar-refractivity contribution is 0.00814. The summed E-state index contributed by atoms with van der Waals surface area (Å²) in [6.45, 7) is 2.72. The minimum Gasteiger partial charge on any atom is -0.369 e. The topological polar surface area (TPSA) is 35.2 Å². The van der Waals surface area contributed by atoms with E-state index in [2.05, 4.69) is 0 Å². The van der Waals surface area contributed by atoms with Gasteiger partial charge in [0.2, 0.25) is 0 Å². The zero-order chi connectivity index (χ0) is 10.2. The second kappa shape index (κ2) is 3.54. The first-order valence-corrected chi connectivity index (χ1v) is 5.17. The van der Waals surface area contributed by atoms with E-state index in [-0.39, 0.29) is 6.04 Å². The first-order chi connectivity index (χ1) is 6.64. The second-order valence-electron chi connectivity index (χ2n) is 3.83. The van der Waals surface area contributed by atoms with Crippen molar-refractivity contribution in [3.8, 4) is 0 Å². The fourth-order valence-corrected chi connectivity index (χ4v) is 2.25. The zero-order valence-electron chi connectivity index (χ0n) is 8.16. The number of nitrogens with two attached hydrogens (primary N) is 1. The van der Waals surface area contributed by atoms with Gasteiger partial charge in [0.15, 0.2) is 0 Å². The highest BCUT2D eigenvalue weighted by atomic mass is 35.5. The number of hydrogen-bond acceptors (Lipinski definition) is 2. The van der Waals surface area contributed by atoms with Gasteiger partial charge in [0, 0.05) is 23.2 Å². The molecule has 1 saturated heterocycles. The van der Waals surface area contributed by atoms with Crippen molar-refractivity contribution in [2.45, 2.75) is 25.0 Å². The van der Waals surface area contributed by atoms with Crippen molar-refractivity contribution < 1.29 is 4.74 Å². The molecule has 76 valence electrons. The molecular weight excluding hydrogens is 198 g/mol. The lowest BCUT2D eigenvalue weighted by Crippen LogP contribution is -2.39. The Kier molecular flexibility index (Phi) is 2.52. The number of hydrogen-bond donors (Lipinski definition) is 1. The molecule has 0 aliphatic carbocycles. The molecule has 0 saturated carbocycles. The lowest BCUT2D eigenvalue weighted by Gasteiger charge is -2.29. The van der Waals surface area contributed by atoms with Crippen LogP contribution in [0, 0.1) is 0 Å². The van der Waals surface area contributed by atoms with E-state index in [1.54, 1.807) is 0 Å². The van der Waals surface area contributed by atoms with Gasteiger partial charge in [-0.25, -0.2) is 0 Å². The second-order valence-corrected chi connectivity index (χ2v) is 4.24. The van der Waals surface area contributed by atoms with Crippen molar-refractivity contribution in [2.24, 2.45) is 5.73 Å². The summed E-state index contributed by atoms with van der Waals surface area (Å²) in [5.41, 5.74) is 6.60. The molecule has 1 aromatic rings. The average Bonchev–Trinajstić information content (AvgIpc) is 2.49. The normalized spacial score (nSPS) is 32.1. The highest BCUT2D eigenvalue weighted by molar-refractivity contribution is 6.31. The van der Waals surface area contributed by atoms with Gasteiger partial charge < -0.3 is 10.5 Å². The van der Waals surface area contributed by atoms with Crippen molar-refractivity contribution in [3.63, 3.8) is 0 Å². The van der Waals surface area contributed by atoms with E-state index in [0.717, 1.165) is 17.0 Å². The summed E-state index contributed by atoms with van der Waals surface area (Å²) >= 11 is 6.12. The summed E-state index contributed by atoms with van der Waals surface area (Å²) in [5.74, 6) is 0. The third kappa shape index (κ3) is 1.44. The number of benzene rings is 1. The maximum Gasteiger partial charge on any atom is 0.107 e. The van der Waals surface area contributed by atoms with Gasteiger partial charge in [0.25, 0.3) is 0 Å². The molecule has 0 amide bonds. The molecule has 0 spiro atoms. The predicted octanol–water partition coefficient (Wildman–Crippen LogP) is 2.30. The van der Waals surface area contributed by atoms with Crippen LogP contribution >= 0.6 is 11.6 Å². The fourth-order valence-electron chi connectivity index (χ4n) is 1.92. The highest BCUT2D eigenvalue weighted by Crippen LogP contribution is 2.38. The number of halogens is 1. The summed E-state index contributed by atoms with van der Waals surface area (Å²) in [6.07, 6.45) is 0.891. The van der Waals surface area contributed by atoms with Crippen LogP contribution in [0.2, 0.25) is 5.02 Å². The summed E-state index contributed by atoms with van der Waals surface area (Å²) in [5, 5.41) is 0.729. The van der Waals surface area contributed by atoms with Crippen LogP contribution in [0.3, 0.4) is 0 Å². The SMILES string of the molecule is CC1(c2ccccc2Cl)OCCC1N. The van der Waals surface area contributed by atoms with Gasteiger partial charge in [-0.2, -0.15) is 0 Å². The van der Waals surface area contributed by atoms with Crippen LogP contribution in [-0.2, 0) is 10.3 Å². The molecule has 1 fully saturated rings. The van der Waals surface area contributed by atoms with Crippen molar-refractivity contribution in [2.75, 3.05) is 6.61 Å². The minimum absolute atomic E-state index is 0.0300. The van der Waals surface area contributed by atoms with Gasteiger partial charge in [-0.15, -0.1) is 0 Å². The van der Waals surface area contributed by atoms with E-state index < -0.39 is 5.60 Å². The van der Waals surface area contributed by atoms with E-state index in [0.29, 0.717) is 6.61 Å². The Morgan fingerprint density at radius 2 is 2.21 bits per heavy atom. The third-order valence-corrected chi connectivity index (χ3v) is 3.28. The van der Waals surface area contributed by atoms with Gasteiger partial charge in [-0.05, 0) is 19.4 Å². The molecule has 14 heavy (non-hydrogen) atoms. The molecule has 2 rings (SSSR count). The molecule has 0 bridgehead atoms. The Balaban J connectivity index is 2.43. The highest BCUT2D eigenvalue weighted by Gasteiger charge is 2.40. The van der Waals surface area contributed by atoms with Crippen molar-refractivity contribution in [1.29, 1.82) is 0 Å². The molecule has 1 aromatic carbocycles. The summed E-state index contributed by atoms with van der Waals surface area (Å²) in [7, 11) is 0. The first kappa shape index (κ1) is 9.97. The van der Waals surface area contributed by atoms with Crippen LogP contribution in [0.25, 0.3) is 0 Å². The van der Waals surface area contributed by atoms with Crippen LogP contribution < -0.4 is 5.73 Å². The Labute approximate surface area is 89.0 Å². The van der Waals surface area contributed by atoms with Crippen molar-refractivity contribution >= 4 is 11.6 Å². The van der Waals surface area contributed by atoms with Crippen LogP contribution in [0.4, 0.5) is 0 Å². The standard InChI is InChI=1S/C11H14ClNO/c1-11(10(13)6-7-14-11)8-4-2-3-5-9(8)12/h2-5,10H,6-7,13H2,1H3. The molecule has 0 aromatic heterocycles. The summed E-state index contributed by atoms with van der Waals surface area (Å²) in [4.78, 5) is 0. The third-order valence-electron chi connectivity index (χ3n) is 2.95. The summed E-state index contributed by atoms with van der Waals surface area (Å²) < 4.78 is 5.71. The van der Waals surface area contributed by atoms with Crippen LogP contribution in [0.15, 0.2) is 24.3 Å². The van der Waals surface area contributed by atoms with E-state index in [1.807, 2.05) is 31.2 Å². The molecule has 3 heteroatoms. The van der Waals surface area contributed by atoms with Crippen LogP contribution in [-0.4, -0.2) is 12.6 Å². The average molecular weight is 212 g/mol. The van der Waals surface area contributed by atoms with Crippen LogP contribution in [0.5, 0.6) is 0 Å². The summed E-state index contributed by atoms with van der Waals surface area (Å²) in [6, 6.07) is 7.75. The van der Waals surface area contributed by atoms with Gasteiger partial charge in [-0.3, -0.25) is 0 Å². The molecule has 1 aliphatic heterocycles. The molecule has 2 N–H and O–H groups in total. The molecular formula is C11H14ClNO. The van der Waals surface area contributed by atoms with Crippen molar-refractivity contribution in [1.82, 2.24) is 0 Å². The van der Waals surface area contributed by atoms with Gasteiger partial charge in [-0.1, -0.05) is 29.8 Å².